The Bertz CT molecular complexity index is 1960. The van der Waals surface area contributed by atoms with E-state index in [1.807, 2.05) is 0 Å². The molecule has 0 aromatic carbocycles. The van der Waals surface area contributed by atoms with Crippen LogP contribution in [0.4, 0.5) is 0 Å². The third-order valence-corrected chi connectivity index (χ3v) is 21.7. The average Bonchev–Trinajstić information content (AvgIpc) is 0.993. The van der Waals surface area contributed by atoms with Crippen LogP contribution < -0.4 is 0 Å². The lowest BCUT2D eigenvalue weighted by molar-refractivity contribution is -0.161. The number of phosphoric acid groups is 2. The molecule has 0 aliphatic carbocycles. The monoisotopic (exact) mass is 1490 g/mol. The summed E-state index contributed by atoms with van der Waals surface area (Å²) in [6.07, 6.45) is 65.3. The SMILES string of the molecule is CCCCCCCCCCCCCCCCCCCCCCCCC(=O)O[C@H](COC(=O)CCCCCCCCCCCCCCCC(C)C)COP(=O)(O)OC[C@@H](O)COP(=O)(O)OC[C@@H](COC(=O)CCCCCCCCC(C)CC)OC(=O)CCCCCCCCCCCCCCCC. The van der Waals surface area contributed by atoms with Gasteiger partial charge in [-0.3, -0.25) is 37.3 Å². The first-order valence-electron chi connectivity index (χ1n) is 43.0. The largest absolute Gasteiger partial charge is 0.472 e. The van der Waals surface area contributed by atoms with E-state index < -0.39 is 97.5 Å². The number of carbonyl (C=O) groups excluding carboxylic acids is 4. The van der Waals surface area contributed by atoms with Gasteiger partial charge in [-0.15, -0.1) is 0 Å². The van der Waals surface area contributed by atoms with Crippen LogP contribution in [0, 0.1) is 11.8 Å². The number of aliphatic hydroxyl groups excluding tert-OH is 1. The minimum Gasteiger partial charge on any atom is -0.462 e. The molecule has 17 nitrogen and oxygen atoms in total. The van der Waals surface area contributed by atoms with E-state index in [4.69, 9.17) is 37.0 Å². The quantitative estimate of drug-likeness (QED) is 0.0222. The molecule has 0 aliphatic heterocycles. The fraction of sp³-hybridized carbons (Fsp3) is 0.952. The Kier molecular flexibility index (Phi) is 73.1. The summed E-state index contributed by atoms with van der Waals surface area (Å²) in [5.41, 5.74) is 0. The molecule has 0 amide bonds. The lowest BCUT2D eigenvalue weighted by atomic mass is 10.00. The maximum Gasteiger partial charge on any atom is 0.472 e. The van der Waals surface area contributed by atoms with E-state index >= 15 is 0 Å². The number of ether oxygens (including phenoxy) is 4. The van der Waals surface area contributed by atoms with Gasteiger partial charge in [-0.2, -0.15) is 0 Å². The van der Waals surface area contributed by atoms with E-state index in [1.54, 1.807) is 0 Å². The molecule has 0 aromatic heterocycles. The molecular formula is C83H162O17P2. The van der Waals surface area contributed by atoms with Gasteiger partial charge in [0, 0.05) is 25.7 Å². The molecule has 0 aliphatic rings. The second-order valence-electron chi connectivity index (χ2n) is 30.6. The van der Waals surface area contributed by atoms with Crippen LogP contribution in [-0.2, 0) is 65.4 Å². The van der Waals surface area contributed by atoms with Crippen molar-refractivity contribution in [2.24, 2.45) is 11.8 Å². The lowest BCUT2D eigenvalue weighted by Crippen LogP contribution is -2.30. The highest BCUT2D eigenvalue weighted by atomic mass is 31.2. The number of unbranched alkanes of at least 4 members (excludes halogenated alkanes) is 51. The van der Waals surface area contributed by atoms with Crippen molar-refractivity contribution in [3.63, 3.8) is 0 Å². The zero-order valence-corrected chi connectivity index (χ0v) is 68.7. The highest BCUT2D eigenvalue weighted by molar-refractivity contribution is 7.47. The number of hydrogen-bond acceptors (Lipinski definition) is 15. The van der Waals surface area contributed by atoms with Gasteiger partial charge in [0.05, 0.1) is 26.4 Å². The van der Waals surface area contributed by atoms with E-state index in [-0.39, 0.29) is 25.7 Å². The highest BCUT2D eigenvalue weighted by Crippen LogP contribution is 2.45. The Morgan fingerprint density at radius 3 is 0.745 bits per heavy atom. The highest BCUT2D eigenvalue weighted by Gasteiger charge is 2.30. The first-order chi connectivity index (χ1) is 49.4. The number of carbonyl (C=O) groups is 4. The Morgan fingerprint density at radius 2 is 0.500 bits per heavy atom. The maximum atomic E-state index is 13.1. The molecule has 0 heterocycles. The van der Waals surface area contributed by atoms with E-state index in [0.717, 1.165) is 108 Å². The van der Waals surface area contributed by atoms with Crippen LogP contribution in [-0.4, -0.2) is 96.7 Å². The molecule has 6 atom stereocenters. The second kappa shape index (κ2) is 74.5. The molecule has 0 bridgehead atoms. The zero-order chi connectivity index (χ0) is 74.9. The minimum atomic E-state index is -4.96. The Labute approximate surface area is 626 Å². The Hall–Kier alpha value is -1.94. The summed E-state index contributed by atoms with van der Waals surface area (Å²) >= 11 is 0. The molecule has 19 heteroatoms. The number of hydrogen-bond donors (Lipinski definition) is 3. The van der Waals surface area contributed by atoms with Crippen LogP contribution in [0.15, 0.2) is 0 Å². The van der Waals surface area contributed by atoms with Crippen LogP contribution in [0.1, 0.15) is 440 Å². The van der Waals surface area contributed by atoms with E-state index in [9.17, 15) is 43.2 Å². The third kappa shape index (κ3) is 74.9. The van der Waals surface area contributed by atoms with Crippen LogP contribution >= 0.6 is 15.6 Å². The summed E-state index contributed by atoms with van der Waals surface area (Å²) in [5, 5.41) is 10.7. The summed E-state index contributed by atoms with van der Waals surface area (Å²) < 4.78 is 68.8. The molecule has 3 N–H and O–H groups in total. The molecule has 102 heavy (non-hydrogen) atoms. The molecule has 0 radical (unpaired) electrons. The van der Waals surface area contributed by atoms with Crippen molar-refractivity contribution in [1.82, 2.24) is 0 Å². The maximum absolute atomic E-state index is 13.1. The van der Waals surface area contributed by atoms with Crippen molar-refractivity contribution in [2.45, 2.75) is 458 Å². The smallest absolute Gasteiger partial charge is 0.462 e. The van der Waals surface area contributed by atoms with Gasteiger partial charge in [-0.1, -0.05) is 388 Å². The van der Waals surface area contributed by atoms with Gasteiger partial charge in [-0.05, 0) is 37.5 Å². The van der Waals surface area contributed by atoms with Crippen LogP contribution in [0.2, 0.25) is 0 Å². The standard InChI is InChI=1S/C83H162O17P2/c1-7-10-12-14-16-18-20-22-24-25-26-27-28-29-30-31-35-40-44-48-56-62-68-82(87)99-78(71-93-80(85)65-59-53-46-42-38-36-32-33-37-41-45-51-57-63-75(4)5)73-97-101(89,90)95-69-77(84)70-96-102(91,92)98-74-79(72-94-81(86)66-60-54-50-49-52-58-64-76(6)9-3)100-83(88)67-61-55-47-43-39-34-23-21-19-17-15-13-11-8-2/h75-79,84H,7-74H2,1-6H3,(H,89,90)(H,91,92)/t76?,77-,78-,79-/m1/s1. The van der Waals surface area contributed by atoms with Crippen molar-refractivity contribution in [2.75, 3.05) is 39.6 Å². The van der Waals surface area contributed by atoms with E-state index in [2.05, 4.69) is 41.5 Å². The van der Waals surface area contributed by atoms with E-state index in [1.165, 1.54) is 250 Å². The van der Waals surface area contributed by atoms with Gasteiger partial charge in [0.1, 0.15) is 19.3 Å². The molecule has 0 fully saturated rings. The van der Waals surface area contributed by atoms with Gasteiger partial charge in [0.25, 0.3) is 0 Å². The predicted octanol–water partition coefficient (Wildman–Crippen LogP) is 25.1. The topological polar surface area (TPSA) is 237 Å². The van der Waals surface area contributed by atoms with Gasteiger partial charge >= 0.3 is 39.5 Å². The van der Waals surface area contributed by atoms with Crippen molar-refractivity contribution < 1.29 is 80.2 Å². The van der Waals surface area contributed by atoms with Crippen LogP contribution in [0.25, 0.3) is 0 Å². The molecule has 0 saturated heterocycles. The van der Waals surface area contributed by atoms with Gasteiger partial charge in [-0.25, -0.2) is 9.13 Å². The fourth-order valence-corrected chi connectivity index (χ4v) is 14.4. The summed E-state index contributed by atoms with van der Waals surface area (Å²) in [6.45, 7) is 9.62. The number of aliphatic hydroxyl groups is 1. The third-order valence-electron chi connectivity index (χ3n) is 19.8. The minimum absolute atomic E-state index is 0.107. The fourth-order valence-electron chi connectivity index (χ4n) is 12.9. The van der Waals surface area contributed by atoms with Crippen LogP contribution in [0.5, 0.6) is 0 Å². The number of phosphoric ester groups is 2. The van der Waals surface area contributed by atoms with Crippen molar-refractivity contribution in [3.05, 3.63) is 0 Å². The van der Waals surface area contributed by atoms with Gasteiger partial charge in [0.15, 0.2) is 12.2 Å². The molecular weight excluding hydrogens is 1330 g/mol. The molecule has 606 valence electrons. The van der Waals surface area contributed by atoms with Crippen molar-refractivity contribution in [3.8, 4) is 0 Å². The molecule has 0 saturated carbocycles. The summed E-state index contributed by atoms with van der Waals surface area (Å²) in [5.74, 6) is -0.586. The molecule has 3 unspecified atom stereocenters. The molecule has 0 aromatic rings. The Morgan fingerprint density at radius 1 is 0.284 bits per heavy atom. The summed E-state index contributed by atoms with van der Waals surface area (Å²) in [6, 6.07) is 0. The van der Waals surface area contributed by atoms with Crippen molar-refractivity contribution in [1.29, 1.82) is 0 Å². The molecule has 0 spiro atoms. The average molecular weight is 1490 g/mol. The lowest BCUT2D eigenvalue weighted by Gasteiger charge is -2.21. The first kappa shape index (κ1) is 100. The predicted molar refractivity (Wildman–Crippen MR) is 418 cm³/mol. The summed E-state index contributed by atoms with van der Waals surface area (Å²) in [7, 11) is -9.92. The zero-order valence-electron chi connectivity index (χ0n) is 66.9. The van der Waals surface area contributed by atoms with Gasteiger partial charge < -0.3 is 33.8 Å². The van der Waals surface area contributed by atoms with Gasteiger partial charge in [0.2, 0.25) is 0 Å². The van der Waals surface area contributed by atoms with Crippen molar-refractivity contribution >= 4 is 39.5 Å². The second-order valence-corrected chi connectivity index (χ2v) is 33.5. The molecule has 0 rings (SSSR count). The van der Waals surface area contributed by atoms with E-state index in [0.29, 0.717) is 25.7 Å². The Balaban J connectivity index is 5.22. The van der Waals surface area contributed by atoms with Crippen LogP contribution in [0.3, 0.4) is 0 Å². The normalized spacial score (nSPS) is 14.1. The summed E-state index contributed by atoms with van der Waals surface area (Å²) in [4.78, 5) is 73.1. The number of rotatable bonds is 82. The first-order valence-corrected chi connectivity index (χ1v) is 46.0. The number of esters is 4.